The summed E-state index contributed by atoms with van der Waals surface area (Å²) in [7, 11) is -8.96. The van der Waals surface area contributed by atoms with Crippen molar-refractivity contribution in [3.05, 3.63) is 52.1 Å². The molecule has 1 aromatic heterocycles. The third-order valence-electron chi connectivity index (χ3n) is 3.91. The van der Waals surface area contributed by atoms with E-state index < -0.39 is 31.0 Å². The lowest BCUT2D eigenvalue weighted by Crippen LogP contribution is -2.03. The van der Waals surface area contributed by atoms with Crippen LogP contribution in [0.3, 0.4) is 0 Å². The van der Waals surface area contributed by atoms with Gasteiger partial charge < -0.3 is 5.11 Å². The lowest BCUT2D eigenvalue weighted by molar-refractivity contribution is 0.434. The first-order valence-electron chi connectivity index (χ1n) is 8.04. The molecular weight excluding hydrogens is 495 g/mol. The summed E-state index contributed by atoms with van der Waals surface area (Å²) in [5, 5.41) is 21.8. The third kappa shape index (κ3) is 4.87. The molecule has 0 spiro atoms. The van der Waals surface area contributed by atoms with Gasteiger partial charge in [0.1, 0.15) is 4.90 Å². The first kappa shape index (κ1) is 23.1. The Morgan fingerprint density at radius 1 is 0.935 bits per heavy atom. The van der Waals surface area contributed by atoms with E-state index in [1.54, 1.807) is 0 Å². The largest absolute Gasteiger partial charge is 0.492 e. The number of aromatic nitrogens is 2. The standard InChI is InChI=1S/C16H12Cl2N4O7S2/c1-8-15(20-19-9-2-4-10(5-3-9)30(24,25)26)16(23)22(21-8)13-6-12(18)14(7-11(13)17)31(27,28)29/h2-7,23H,1H3,(H,24,25,26)(H,27,28,29)/b20-19+. The predicted molar refractivity (Wildman–Crippen MR) is 110 cm³/mol. The van der Waals surface area contributed by atoms with Gasteiger partial charge in [0, 0.05) is 0 Å². The molecule has 0 atom stereocenters. The molecule has 0 aliphatic carbocycles. The number of nitrogens with zero attached hydrogens (tertiary/aromatic N) is 4. The van der Waals surface area contributed by atoms with Crippen molar-refractivity contribution in [3.63, 3.8) is 0 Å². The summed E-state index contributed by atoms with van der Waals surface area (Å²) in [5.41, 5.74) is 0.405. The molecule has 3 rings (SSSR count). The Labute approximate surface area is 186 Å². The SMILES string of the molecule is Cc1nn(-c2cc(Cl)c(S(=O)(=O)O)cc2Cl)c(O)c1/N=N/c1ccc(S(=O)(=O)O)cc1. The van der Waals surface area contributed by atoms with Crippen LogP contribution >= 0.6 is 23.2 Å². The van der Waals surface area contributed by atoms with E-state index in [0.29, 0.717) is 0 Å². The molecule has 0 amide bonds. The molecule has 0 aliphatic rings. The van der Waals surface area contributed by atoms with Crippen molar-refractivity contribution in [1.82, 2.24) is 9.78 Å². The maximum Gasteiger partial charge on any atom is 0.296 e. The highest BCUT2D eigenvalue weighted by Gasteiger charge is 2.22. The van der Waals surface area contributed by atoms with E-state index in [1.807, 2.05) is 0 Å². The zero-order chi connectivity index (χ0) is 23.1. The molecular formula is C16H12Cl2N4O7S2. The second-order valence-corrected chi connectivity index (χ2v) is 9.67. The van der Waals surface area contributed by atoms with Gasteiger partial charge in [-0.1, -0.05) is 23.2 Å². The normalized spacial score (nSPS) is 12.5. The number of azo groups is 1. The number of hydrogen-bond acceptors (Lipinski definition) is 8. The van der Waals surface area contributed by atoms with Gasteiger partial charge in [-0.05, 0) is 43.3 Å². The quantitative estimate of drug-likeness (QED) is 0.342. The lowest BCUT2D eigenvalue weighted by Gasteiger charge is -2.09. The van der Waals surface area contributed by atoms with Crippen LogP contribution in [0, 0.1) is 6.92 Å². The summed E-state index contributed by atoms with van der Waals surface area (Å²) in [6, 6.07) is 6.82. The number of benzene rings is 2. The molecule has 0 unspecified atom stereocenters. The van der Waals surface area contributed by atoms with Crippen LogP contribution in [0.2, 0.25) is 10.0 Å². The van der Waals surface area contributed by atoms with Crippen molar-refractivity contribution >= 4 is 54.8 Å². The molecule has 2 aromatic carbocycles. The fourth-order valence-electron chi connectivity index (χ4n) is 2.46. The van der Waals surface area contributed by atoms with Crippen LogP contribution in [0.15, 0.2) is 56.4 Å². The summed E-state index contributed by atoms with van der Waals surface area (Å²) in [4.78, 5) is -0.933. The van der Waals surface area contributed by atoms with Crippen LogP contribution in [0.5, 0.6) is 5.88 Å². The highest BCUT2D eigenvalue weighted by Crippen LogP contribution is 2.38. The average molecular weight is 507 g/mol. The second-order valence-electron chi connectivity index (χ2n) is 6.05. The topological polar surface area (TPSA) is 172 Å². The van der Waals surface area contributed by atoms with E-state index in [4.69, 9.17) is 27.8 Å². The number of aromatic hydroxyl groups is 1. The monoisotopic (exact) mass is 506 g/mol. The Morgan fingerprint density at radius 3 is 2.10 bits per heavy atom. The summed E-state index contributed by atoms with van der Waals surface area (Å²) in [6.45, 7) is 1.51. The Bertz CT molecular complexity index is 1420. The third-order valence-corrected chi connectivity index (χ3v) is 6.40. The Hall–Kier alpha value is -2.55. The van der Waals surface area contributed by atoms with E-state index in [0.717, 1.165) is 28.9 Å². The first-order valence-corrected chi connectivity index (χ1v) is 11.7. The fourth-order valence-corrected chi connectivity index (χ4v) is 4.27. The van der Waals surface area contributed by atoms with Crippen molar-refractivity contribution in [2.45, 2.75) is 16.7 Å². The molecule has 31 heavy (non-hydrogen) atoms. The minimum atomic E-state index is -4.62. The van der Waals surface area contributed by atoms with Crippen molar-refractivity contribution in [2.75, 3.05) is 0 Å². The number of halogens is 2. The lowest BCUT2D eigenvalue weighted by atomic mass is 10.3. The van der Waals surface area contributed by atoms with E-state index in [2.05, 4.69) is 15.3 Å². The minimum absolute atomic E-state index is 0.0126. The number of aryl methyl sites for hydroxylation is 1. The van der Waals surface area contributed by atoms with Crippen LogP contribution in [0.1, 0.15) is 5.69 Å². The highest BCUT2D eigenvalue weighted by atomic mass is 35.5. The maximum atomic E-state index is 11.3. The molecule has 1 heterocycles. The zero-order valence-electron chi connectivity index (χ0n) is 15.3. The van der Waals surface area contributed by atoms with Gasteiger partial charge >= 0.3 is 0 Å². The summed E-state index contributed by atoms with van der Waals surface area (Å²) in [6.07, 6.45) is 0. The highest BCUT2D eigenvalue weighted by molar-refractivity contribution is 7.86. The van der Waals surface area contributed by atoms with Crippen molar-refractivity contribution in [1.29, 1.82) is 0 Å². The summed E-state index contributed by atoms with van der Waals surface area (Å²) < 4.78 is 63.9. The molecule has 0 fully saturated rings. The molecule has 3 aromatic rings. The predicted octanol–water partition coefficient (Wildman–Crippen LogP) is 4.10. The molecule has 0 aliphatic heterocycles. The average Bonchev–Trinajstić information content (AvgIpc) is 2.94. The van der Waals surface area contributed by atoms with E-state index in [1.165, 1.54) is 19.1 Å². The van der Waals surface area contributed by atoms with Crippen LogP contribution in [0.25, 0.3) is 5.69 Å². The Morgan fingerprint density at radius 2 is 1.55 bits per heavy atom. The molecule has 15 heteroatoms. The van der Waals surface area contributed by atoms with Gasteiger partial charge in [0.25, 0.3) is 20.2 Å². The van der Waals surface area contributed by atoms with Crippen molar-refractivity contribution in [3.8, 4) is 11.6 Å². The maximum absolute atomic E-state index is 11.3. The summed E-state index contributed by atoms with van der Waals surface area (Å²) in [5.74, 6) is -0.492. The van der Waals surface area contributed by atoms with Crippen molar-refractivity contribution < 1.29 is 31.0 Å². The van der Waals surface area contributed by atoms with Gasteiger partial charge in [-0.25, -0.2) is 0 Å². The van der Waals surface area contributed by atoms with Gasteiger partial charge in [-0.15, -0.1) is 5.11 Å². The van der Waals surface area contributed by atoms with Crippen LogP contribution in [-0.2, 0) is 20.2 Å². The van der Waals surface area contributed by atoms with E-state index in [9.17, 15) is 26.5 Å². The van der Waals surface area contributed by atoms with Gasteiger partial charge in [-0.3, -0.25) is 9.11 Å². The van der Waals surface area contributed by atoms with Crippen LogP contribution in [-0.4, -0.2) is 40.8 Å². The molecule has 11 nitrogen and oxygen atoms in total. The Balaban J connectivity index is 2.00. The second kappa shape index (κ2) is 8.18. The molecule has 0 bridgehead atoms. The fraction of sp³-hybridized carbons (Fsp3) is 0.0625. The zero-order valence-corrected chi connectivity index (χ0v) is 18.4. The van der Waals surface area contributed by atoms with E-state index >= 15 is 0 Å². The summed E-state index contributed by atoms with van der Waals surface area (Å²) >= 11 is 12.0. The van der Waals surface area contributed by atoms with Gasteiger partial charge in [0.05, 0.1) is 32.0 Å². The van der Waals surface area contributed by atoms with Crippen LogP contribution in [0.4, 0.5) is 11.4 Å². The van der Waals surface area contributed by atoms with Crippen molar-refractivity contribution in [2.24, 2.45) is 10.2 Å². The minimum Gasteiger partial charge on any atom is -0.492 e. The number of hydrogen-bond donors (Lipinski definition) is 3. The first-order chi connectivity index (χ1) is 14.3. The molecule has 0 saturated heterocycles. The van der Waals surface area contributed by atoms with Gasteiger partial charge in [0.2, 0.25) is 5.88 Å². The molecule has 0 saturated carbocycles. The molecule has 164 valence electrons. The van der Waals surface area contributed by atoms with E-state index in [-0.39, 0.29) is 37.7 Å². The smallest absolute Gasteiger partial charge is 0.296 e. The molecule has 3 N–H and O–H groups in total. The van der Waals surface area contributed by atoms with Crippen LogP contribution < -0.4 is 0 Å². The Kier molecular flexibility index (Phi) is 6.10. The van der Waals surface area contributed by atoms with Gasteiger partial charge in [-0.2, -0.15) is 31.7 Å². The van der Waals surface area contributed by atoms with Gasteiger partial charge in [0.15, 0.2) is 5.69 Å². The number of rotatable bonds is 5. The molecule has 0 radical (unpaired) electrons.